The van der Waals surface area contributed by atoms with Crippen LogP contribution in [0.25, 0.3) is 10.9 Å². The summed E-state index contributed by atoms with van der Waals surface area (Å²) < 4.78 is 19.5. The van der Waals surface area contributed by atoms with Gasteiger partial charge in [-0.05, 0) is 42.8 Å². The number of amides is 1. The molecule has 1 aliphatic rings. The summed E-state index contributed by atoms with van der Waals surface area (Å²) >= 11 is 0. The van der Waals surface area contributed by atoms with Crippen molar-refractivity contribution in [3.05, 3.63) is 89.5 Å². The third-order valence-corrected chi connectivity index (χ3v) is 6.59. The lowest BCUT2D eigenvalue weighted by atomic mass is 10.1. The van der Waals surface area contributed by atoms with E-state index in [0.29, 0.717) is 37.8 Å². The molecule has 2 aromatic heterocycles. The maximum Gasteiger partial charge on any atom is 0.275 e. The van der Waals surface area contributed by atoms with Crippen molar-refractivity contribution in [1.82, 2.24) is 24.7 Å². The molecule has 2 aromatic carbocycles. The quantitative estimate of drug-likeness (QED) is 0.418. The molecule has 1 N–H and O–H groups in total. The molecule has 182 valence electrons. The van der Waals surface area contributed by atoms with Gasteiger partial charge in [0.2, 0.25) is 5.89 Å². The van der Waals surface area contributed by atoms with Crippen molar-refractivity contribution in [3.63, 3.8) is 0 Å². The summed E-state index contributed by atoms with van der Waals surface area (Å²) in [4.78, 5) is 26.9. The number of nitrogens with one attached hydrogen (secondary N) is 1. The molecule has 0 unspecified atom stereocenters. The molecular formula is C27H30FN5O2. The van der Waals surface area contributed by atoms with E-state index in [0.717, 1.165) is 37.1 Å². The first-order valence-electron chi connectivity index (χ1n) is 12.0. The molecule has 5 rings (SSSR count). The van der Waals surface area contributed by atoms with E-state index in [1.54, 1.807) is 12.1 Å². The van der Waals surface area contributed by atoms with Gasteiger partial charge in [0.1, 0.15) is 12.1 Å². The number of fused-ring (bicyclic) bond motifs is 1. The Hall–Kier alpha value is -3.49. The maximum atomic E-state index is 13.8. The number of benzene rings is 2. The van der Waals surface area contributed by atoms with E-state index < -0.39 is 0 Å². The van der Waals surface area contributed by atoms with Gasteiger partial charge in [-0.25, -0.2) is 9.37 Å². The van der Waals surface area contributed by atoms with E-state index in [1.165, 1.54) is 23.3 Å². The van der Waals surface area contributed by atoms with E-state index >= 15 is 0 Å². The van der Waals surface area contributed by atoms with Gasteiger partial charge >= 0.3 is 0 Å². The zero-order valence-electron chi connectivity index (χ0n) is 19.9. The van der Waals surface area contributed by atoms with Crippen molar-refractivity contribution in [2.24, 2.45) is 0 Å². The smallest absolute Gasteiger partial charge is 0.275 e. The Morgan fingerprint density at radius 3 is 2.77 bits per heavy atom. The number of para-hydroxylation sites is 1. The topological polar surface area (TPSA) is 68.6 Å². The van der Waals surface area contributed by atoms with E-state index in [1.807, 2.05) is 29.3 Å². The molecule has 4 aromatic rings. The number of oxazole rings is 1. The fourth-order valence-electron chi connectivity index (χ4n) is 4.57. The number of aromatic nitrogens is 2. The third kappa shape index (κ3) is 5.61. The van der Waals surface area contributed by atoms with Gasteiger partial charge in [-0.2, -0.15) is 0 Å². The largest absolute Gasteiger partial charge is 0.447 e. The summed E-state index contributed by atoms with van der Waals surface area (Å²) in [6.07, 6.45) is 4.31. The highest BCUT2D eigenvalue weighted by atomic mass is 19.1. The molecule has 3 heterocycles. The summed E-state index contributed by atoms with van der Waals surface area (Å²) in [6, 6.07) is 14.9. The van der Waals surface area contributed by atoms with Crippen LogP contribution in [-0.4, -0.2) is 70.3 Å². The Labute approximate surface area is 204 Å². The van der Waals surface area contributed by atoms with Crippen LogP contribution in [0.1, 0.15) is 27.5 Å². The molecule has 1 saturated heterocycles. The van der Waals surface area contributed by atoms with Crippen LogP contribution in [-0.2, 0) is 19.5 Å². The predicted molar refractivity (Wildman–Crippen MR) is 132 cm³/mol. The van der Waals surface area contributed by atoms with Gasteiger partial charge in [0, 0.05) is 56.4 Å². The second-order valence-electron chi connectivity index (χ2n) is 9.17. The summed E-state index contributed by atoms with van der Waals surface area (Å²) in [5.74, 6) is 0.136. The van der Waals surface area contributed by atoms with Crippen LogP contribution in [0.2, 0.25) is 0 Å². The average Bonchev–Trinajstić information content (AvgIpc) is 3.50. The molecule has 1 fully saturated rings. The van der Waals surface area contributed by atoms with Gasteiger partial charge in [0.15, 0.2) is 5.69 Å². The van der Waals surface area contributed by atoms with Gasteiger partial charge in [-0.3, -0.25) is 9.69 Å². The molecule has 0 bridgehead atoms. The van der Waals surface area contributed by atoms with Crippen molar-refractivity contribution in [2.75, 3.05) is 39.8 Å². The molecule has 0 saturated carbocycles. The van der Waals surface area contributed by atoms with Crippen LogP contribution in [0.4, 0.5) is 4.39 Å². The molecule has 0 spiro atoms. The molecule has 0 aliphatic carbocycles. The van der Waals surface area contributed by atoms with Crippen molar-refractivity contribution in [1.29, 1.82) is 0 Å². The first-order valence-corrected chi connectivity index (χ1v) is 12.0. The lowest BCUT2D eigenvalue weighted by Crippen LogP contribution is -2.47. The number of hydrogen-bond acceptors (Lipinski definition) is 5. The SMILES string of the molecule is CN1CCN(C(=O)c2coc(CN(CCc3c[nH]c4ccccc34)Cc3cccc(F)c3)n2)CC1. The van der Waals surface area contributed by atoms with E-state index in [-0.39, 0.29) is 11.7 Å². The number of nitrogens with zero attached hydrogens (tertiary/aromatic N) is 4. The number of halogens is 1. The fourth-order valence-corrected chi connectivity index (χ4v) is 4.57. The maximum absolute atomic E-state index is 13.8. The highest BCUT2D eigenvalue weighted by molar-refractivity contribution is 5.92. The lowest BCUT2D eigenvalue weighted by molar-refractivity contribution is 0.0658. The predicted octanol–water partition coefficient (Wildman–Crippen LogP) is 3.93. The number of piperazine rings is 1. The molecular weight excluding hydrogens is 445 g/mol. The van der Waals surface area contributed by atoms with Crippen LogP contribution in [0, 0.1) is 5.82 Å². The minimum absolute atomic E-state index is 0.0939. The average molecular weight is 476 g/mol. The Morgan fingerprint density at radius 1 is 1.11 bits per heavy atom. The van der Waals surface area contributed by atoms with Crippen LogP contribution < -0.4 is 0 Å². The standard InChI is InChI=1S/C27H30FN5O2/c1-31-11-13-33(14-12-31)27(34)25-19-35-26(30-25)18-32(17-20-5-4-6-22(28)15-20)10-9-21-16-29-24-8-3-2-7-23(21)24/h2-8,15-16,19,29H,9-14,17-18H2,1H3. The number of carbonyl (C=O) groups is 1. The van der Waals surface area contributed by atoms with Gasteiger partial charge in [-0.1, -0.05) is 30.3 Å². The molecule has 1 amide bonds. The summed E-state index contributed by atoms with van der Waals surface area (Å²) in [6.45, 7) is 4.78. The van der Waals surface area contributed by atoms with Crippen LogP contribution >= 0.6 is 0 Å². The first kappa shape index (κ1) is 23.3. The summed E-state index contributed by atoms with van der Waals surface area (Å²) in [7, 11) is 2.06. The molecule has 35 heavy (non-hydrogen) atoms. The highest BCUT2D eigenvalue weighted by Gasteiger charge is 2.23. The number of hydrogen-bond donors (Lipinski definition) is 1. The Bertz CT molecular complexity index is 1290. The van der Waals surface area contributed by atoms with Gasteiger partial charge in [-0.15, -0.1) is 0 Å². The number of likely N-dealkylation sites (N-methyl/N-ethyl adjacent to an activating group) is 1. The molecule has 0 atom stereocenters. The number of H-pyrrole nitrogens is 1. The fraction of sp³-hybridized carbons (Fsp3) is 0.333. The van der Waals surface area contributed by atoms with Gasteiger partial charge in [0.05, 0.1) is 6.54 Å². The van der Waals surface area contributed by atoms with E-state index in [2.05, 4.69) is 38.9 Å². The van der Waals surface area contributed by atoms with Gasteiger partial charge in [0.25, 0.3) is 5.91 Å². The number of aromatic amines is 1. The van der Waals surface area contributed by atoms with E-state index in [9.17, 15) is 9.18 Å². The van der Waals surface area contributed by atoms with Crippen LogP contribution in [0.3, 0.4) is 0 Å². The Kier molecular flexibility index (Phi) is 6.92. The summed E-state index contributed by atoms with van der Waals surface area (Å²) in [5.41, 5.74) is 3.55. The van der Waals surface area contributed by atoms with Crippen LogP contribution in [0.15, 0.2) is 65.4 Å². The molecule has 7 nitrogen and oxygen atoms in total. The first-order chi connectivity index (χ1) is 17.0. The van der Waals surface area contributed by atoms with E-state index in [4.69, 9.17) is 4.42 Å². The molecule has 0 radical (unpaired) electrons. The van der Waals surface area contributed by atoms with Gasteiger partial charge < -0.3 is 19.2 Å². The van der Waals surface area contributed by atoms with Crippen LogP contribution in [0.5, 0.6) is 0 Å². The monoisotopic (exact) mass is 475 g/mol. The van der Waals surface area contributed by atoms with Crippen molar-refractivity contribution in [3.8, 4) is 0 Å². The number of carbonyl (C=O) groups excluding carboxylic acids is 1. The summed E-state index contributed by atoms with van der Waals surface area (Å²) in [5, 5.41) is 1.20. The zero-order valence-corrected chi connectivity index (χ0v) is 19.9. The highest BCUT2D eigenvalue weighted by Crippen LogP contribution is 2.20. The second kappa shape index (κ2) is 10.4. The zero-order chi connectivity index (χ0) is 24.2. The van der Waals surface area contributed by atoms with Crippen molar-refractivity contribution >= 4 is 16.8 Å². The number of rotatable bonds is 8. The second-order valence-corrected chi connectivity index (χ2v) is 9.17. The minimum atomic E-state index is -0.254. The minimum Gasteiger partial charge on any atom is -0.447 e. The lowest BCUT2D eigenvalue weighted by Gasteiger charge is -2.31. The Morgan fingerprint density at radius 2 is 1.94 bits per heavy atom. The molecule has 8 heteroatoms. The normalized spacial score (nSPS) is 14.8. The third-order valence-electron chi connectivity index (χ3n) is 6.59. The molecule has 1 aliphatic heterocycles. The van der Waals surface area contributed by atoms with Crippen molar-refractivity contribution < 1.29 is 13.6 Å². The Balaban J connectivity index is 1.29. The van der Waals surface area contributed by atoms with Crippen molar-refractivity contribution in [2.45, 2.75) is 19.5 Å².